The average Bonchev–Trinajstić information content (AvgIpc) is 2.44. The molecule has 20 heavy (non-hydrogen) atoms. The molecule has 0 unspecified atom stereocenters. The van der Waals surface area contributed by atoms with Crippen LogP contribution in [0.3, 0.4) is 0 Å². The van der Waals surface area contributed by atoms with Crippen LogP contribution in [-0.2, 0) is 11.3 Å². The van der Waals surface area contributed by atoms with E-state index in [1.165, 1.54) is 25.7 Å². The number of aromatic nitrogens is 2. The van der Waals surface area contributed by atoms with E-state index in [0.717, 1.165) is 33.4 Å². The van der Waals surface area contributed by atoms with E-state index in [4.69, 9.17) is 14.7 Å². The molecule has 1 aromatic heterocycles. The van der Waals surface area contributed by atoms with Crippen molar-refractivity contribution in [1.29, 1.82) is 0 Å². The highest BCUT2D eigenvalue weighted by molar-refractivity contribution is 14.1. The first-order chi connectivity index (χ1) is 9.65. The van der Waals surface area contributed by atoms with Gasteiger partial charge in [0.25, 0.3) is 0 Å². The van der Waals surface area contributed by atoms with Crippen molar-refractivity contribution in [2.24, 2.45) is 5.92 Å². The molecule has 1 fully saturated rings. The molecule has 5 heteroatoms. The molecule has 1 saturated carbocycles. The maximum absolute atomic E-state index is 5.28. The van der Waals surface area contributed by atoms with Gasteiger partial charge in [-0.05, 0) is 48.3 Å². The number of hydrogen-bond donors (Lipinski definition) is 1. The van der Waals surface area contributed by atoms with E-state index in [9.17, 15) is 0 Å². The fraction of sp³-hybridized carbons (Fsp3) is 0.733. The third-order valence-electron chi connectivity index (χ3n) is 3.94. The largest absolute Gasteiger partial charge is 0.378 e. The lowest BCUT2D eigenvalue weighted by Gasteiger charge is -2.26. The van der Waals surface area contributed by atoms with Gasteiger partial charge in [0, 0.05) is 19.6 Å². The predicted molar refractivity (Wildman–Crippen MR) is 90.0 cm³/mol. The van der Waals surface area contributed by atoms with E-state index in [-0.39, 0.29) is 0 Å². The molecule has 2 rings (SSSR count). The molecule has 0 spiro atoms. The van der Waals surface area contributed by atoms with E-state index in [2.05, 4.69) is 41.8 Å². The molecule has 1 aromatic rings. The molecule has 0 radical (unpaired) electrons. The zero-order chi connectivity index (χ0) is 14.5. The third kappa shape index (κ3) is 3.81. The molecule has 0 aliphatic heterocycles. The fourth-order valence-corrected chi connectivity index (χ4v) is 3.32. The first-order valence-corrected chi connectivity index (χ1v) is 8.52. The lowest BCUT2D eigenvalue weighted by Crippen LogP contribution is -2.17. The van der Waals surface area contributed by atoms with Crippen LogP contribution in [0.1, 0.15) is 57.0 Å². The molecule has 4 nitrogen and oxygen atoms in total. The Bertz CT molecular complexity index is 418. The lowest BCUT2D eigenvalue weighted by molar-refractivity contribution is 0.180. The molecule has 1 heterocycles. The molecule has 1 aliphatic carbocycles. The number of rotatable bonds is 5. The minimum absolute atomic E-state index is 0.510. The second kappa shape index (κ2) is 7.54. The normalized spacial score (nSPS) is 22.8. The second-order valence-corrected chi connectivity index (χ2v) is 6.69. The number of nitrogens with zero attached hydrogens (tertiary/aromatic N) is 2. The average molecular weight is 389 g/mol. The second-order valence-electron chi connectivity index (χ2n) is 5.61. The zero-order valence-electron chi connectivity index (χ0n) is 12.6. The molecular formula is C15H24IN3O. The number of methoxy groups -OCH3 is 1. The van der Waals surface area contributed by atoms with Crippen molar-refractivity contribution in [3.8, 4) is 0 Å². The Kier molecular flexibility index (Phi) is 6.01. The molecule has 1 N–H and O–H groups in total. The number of nitrogens with one attached hydrogen (secondary N) is 1. The summed E-state index contributed by atoms with van der Waals surface area (Å²) in [5.74, 6) is 3.32. The van der Waals surface area contributed by atoms with Crippen LogP contribution in [0.2, 0.25) is 0 Å². The SMILES string of the molecule is CCNc1nc(C2CCC(C)CC2)nc(COC)c1I. The van der Waals surface area contributed by atoms with Gasteiger partial charge >= 0.3 is 0 Å². The minimum atomic E-state index is 0.510. The van der Waals surface area contributed by atoms with Crippen molar-refractivity contribution in [3.63, 3.8) is 0 Å². The van der Waals surface area contributed by atoms with E-state index < -0.39 is 0 Å². The summed E-state index contributed by atoms with van der Waals surface area (Å²) in [4.78, 5) is 9.54. The van der Waals surface area contributed by atoms with Gasteiger partial charge in [0.1, 0.15) is 11.6 Å². The minimum Gasteiger partial charge on any atom is -0.378 e. The van der Waals surface area contributed by atoms with E-state index in [1.807, 2.05) is 0 Å². The van der Waals surface area contributed by atoms with Crippen LogP contribution in [0.15, 0.2) is 0 Å². The summed E-state index contributed by atoms with van der Waals surface area (Å²) >= 11 is 2.31. The van der Waals surface area contributed by atoms with Gasteiger partial charge in [-0.15, -0.1) is 0 Å². The van der Waals surface area contributed by atoms with Crippen molar-refractivity contribution in [1.82, 2.24) is 9.97 Å². The summed E-state index contributed by atoms with van der Waals surface area (Å²) < 4.78 is 6.36. The van der Waals surface area contributed by atoms with Gasteiger partial charge in [-0.3, -0.25) is 0 Å². The van der Waals surface area contributed by atoms with Gasteiger partial charge in [0.15, 0.2) is 0 Å². The predicted octanol–water partition coefficient (Wildman–Crippen LogP) is 3.95. The number of anilines is 1. The summed E-state index contributed by atoms with van der Waals surface area (Å²) in [6.45, 7) is 5.86. The summed E-state index contributed by atoms with van der Waals surface area (Å²) in [7, 11) is 1.72. The van der Waals surface area contributed by atoms with Gasteiger partial charge in [-0.2, -0.15) is 0 Å². The molecular weight excluding hydrogens is 365 g/mol. The Labute approximate surface area is 135 Å². The maximum atomic E-state index is 5.28. The molecule has 0 bridgehead atoms. The van der Waals surface area contributed by atoms with Crippen LogP contribution in [0, 0.1) is 9.49 Å². The molecule has 0 aromatic carbocycles. The first kappa shape index (κ1) is 15.9. The Hall–Kier alpha value is -0.430. The van der Waals surface area contributed by atoms with Crippen molar-refractivity contribution in [2.75, 3.05) is 19.0 Å². The molecule has 0 saturated heterocycles. The Morgan fingerprint density at radius 1 is 1.25 bits per heavy atom. The quantitative estimate of drug-likeness (QED) is 0.775. The topological polar surface area (TPSA) is 47.0 Å². The molecule has 1 aliphatic rings. The van der Waals surface area contributed by atoms with E-state index in [0.29, 0.717) is 12.5 Å². The standard InChI is InChI=1S/C15H24IN3O/c1-4-17-15-13(16)12(9-20-3)18-14(19-15)11-7-5-10(2)6-8-11/h10-11H,4-9H2,1-3H3,(H,17,18,19). The Morgan fingerprint density at radius 3 is 2.55 bits per heavy atom. The van der Waals surface area contributed by atoms with Crippen LogP contribution in [0.25, 0.3) is 0 Å². The monoisotopic (exact) mass is 389 g/mol. The summed E-state index contributed by atoms with van der Waals surface area (Å²) in [5.41, 5.74) is 1.01. The van der Waals surface area contributed by atoms with Crippen molar-refractivity contribution in [3.05, 3.63) is 15.1 Å². The van der Waals surface area contributed by atoms with Crippen LogP contribution in [0.5, 0.6) is 0 Å². The maximum Gasteiger partial charge on any atom is 0.143 e. The van der Waals surface area contributed by atoms with Crippen LogP contribution < -0.4 is 5.32 Å². The van der Waals surface area contributed by atoms with Crippen LogP contribution in [-0.4, -0.2) is 23.6 Å². The van der Waals surface area contributed by atoms with Crippen LogP contribution >= 0.6 is 22.6 Å². The van der Waals surface area contributed by atoms with Crippen molar-refractivity contribution in [2.45, 2.75) is 52.1 Å². The van der Waals surface area contributed by atoms with E-state index in [1.54, 1.807) is 7.11 Å². The van der Waals surface area contributed by atoms with E-state index >= 15 is 0 Å². The molecule has 0 amide bonds. The number of ether oxygens (including phenoxy) is 1. The Balaban J connectivity index is 2.27. The summed E-state index contributed by atoms with van der Waals surface area (Å²) in [6.07, 6.45) is 4.99. The smallest absolute Gasteiger partial charge is 0.143 e. The summed E-state index contributed by atoms with van der Waals surface area (Å²) in [6, 6.07) is 0. The number of hydrogen-bond acceptors (Lipinski definition) is 4. The highest BCUT2D eigenvalue weighted by atomic mass is 127. The Morgan fingerprint density at radius 2 is 1.95 bits per heavy atom. The first-order valence-electron chi connectivity index (χ1n) is 7.44. The number of halogens is 1. The molecule has 0 atom stereocenters. The van der Waals surface area contributed by atoms with Gasteiger partial charge in [-0.1, -0.05) is 19.8 Å². The van der Waals surface area contributed by atoms with Gasteiger partial charge < -0.3 is 10.1 Å². The fourth-order valence-electron chi connectivity index (χ4n) is 2.73. The highest BCUT2D eigenvalue weighted by Gasteiger charge is 2.24. The lowest BCUT2D eigenvalue weighted by atomic mass is 9.82. The van der Waals surface area contributed by atoms with Gasteiger partial charge in [0.05, 0.1) is 15.9 Å². The third-order valence-corrected chi connectivity index (χ3v) is 5.08. The molecule has 112 valence electrons. The van der Waals surface area contributed by atoms with Gasteiger partial charge in [-0.25, -0.2) is 9.97 Å². The zero-order valence-corrected chi connectivity index (χ0v) is 14.7. The van der Waals surface area contributed by atoms with Crippen LogP contribution in [0.4, 0.5) is 5.82 Å². The summed E-state index contributed by atoms with van der Waals surface area (Å²) in [5, 5.41) is 3.35. The van der Waals surface area contributed by atoms with Crippen molar-refractivity contribution < 1.29 is 4.74 Å². The highest BCUT2D eigenvalue weighted by Crippen LogP contribution is 2.35. The van der Waals surface area contributed by atoms with Gasteiger partial charge in [0.2, 0.25) is 0 Å². The van der Waals surface area contributed by atoms with Crippen molar-refractivity contribution >= 4 is 28.4 Å².